The molecule has 220 valence electrons. The number of ether oxygens (including phenoxy) is 2. The topological polar surface area (TPSA) is 133 Å². The highest BCUT2D eigenvalue weighted by Gasteiger charge is 2.45. The van der Waals surface area contributed by atoms with Crippen LogP contribution in [0.15, 0.2) is 58.9 Å². The molecule has 1 aromatic heterocycles. The summed E-state index contributed by atoms with van der Waals surface area (Å²) in [6.07, 6.45) is 9.10. The van der Waals surface area contributed by atoms with E-state index in [1.807, 2.05) is 45.2 Å². The molecular weight excluding hydrogens is 528 g/mol. The molecule has 41 heavy (non-hydrogen) atoms. The third-order valence-corrected chi connectivity index (χ3v) is 7.22. The van der Waals surface area contributed by atoms with Crippen molar-refractivity contribution in [2.45, 2.75) is 65.8 Å². The van der Waals surface area contributed by atoms with Gasteiger partial charge in [0.25, 0.3) is 5.91 Å². The van der Waals surface area contributed by atoms with Crippen LogP contribution in [0.1, 0.15) is 58.8 Å². The van der Waals surface area contributed by atoms with Crippen LogP contribution >= 0.6 is 0 Å². The van der Waals surface area contributed by atoms with E-state index in [1.54, 1.807) is 29.3 Å². The summed E-state index contributed by atoms with van der Waals surface area (Å²) in [4.78, 5) is 26.4. The molecule has 1 aromatic rings. The summed E-state index contributed by atoms with van der Waals surface area (Å²) in [7, 11) is -1.22. The van der Waals surface area contributed by atoms with Crippen molar-refractivity contribution in [3.63, 3.8) is 0 Å². The van der Waals surface area contributed by atoms with Gasteiger partial charge >= 0.3 is 7.26 Å². The van der Waals surface area contributed by atoms with Gasteiger partial charge in [0.15, 0.2) is 5.79 Å². The van der Waals surface area contributed by atoms with Crippen LogP contribution in [0.3, 0.4) is 0 Å². The molecule has 0 aliphatic carbocycles. The van der Waals surface area contributed by atoms with Gasteiger partial charge in [-0.1, -0.05) is 13.8 Å². The number of amides is 2. The number of aromatic nitrogens is 1. The molecule has 11 nitrogen and oxygen atoms in total. The summed E-state index contributed by atoms with van der Waals surface area (Å²) in [6, 6.07) is 3.91. The van der Waals surface area contributed by atoms with Crippen LogP contribution in [-0.4, -0.2) is 60.0 Å². The number of nitrogens with one attached hydrogen (secondary N) is 4. The molecule has 1 atom stereocenters. The summed E-state index contributed by atoms with van der Waals surface area (Å²) in [5.74, 6) is -1.60. The summed E-state index contributed by atoms with van der Waals surface area (Å²) in [5, 5.41) is 12.0. The lowest BCUT2D eigenvalue weighted by molar-refractivity contribution is -0.303. The van der Waals surface area contributed by atoms with E-state index in [4.69, 9.17) is 15.0 Å². The highest BCUT2D eigenvalue weighted by Crippen LogP contribution is 2.36. The molecule has 4 N–H and O–H groups in total. The number of carbonyl (C=O) groups is 2. The largest absolute Gasteiger partial charge is 0.596 e. The van der Waals surface area contributed by atoms with Crippen LogP contribution in [-0.2, 0) is 25.5 Å². The van der Waals surface area contributed by atoms with E-state index in [-0.39, 0.29) is 18.4 Å². The lowest BCUT2D eigenvalue weighted by atomic mass is 9.85. The van der Waals surface area contributed by atoms with Crippen molar-refractivity contribution >= 4 is 25.2 Å². The van der Waals surface area contributed by atoms with E-state index in [0.29, 0.717) is 31.7 Å². The highest BCUT2D eigenvalue weighted by molar-refractivity contribution is 6.49. The fraction of sp³-hybridized carbons (Fsp3) is 0.500. The van der Waals surface area contributed by atoms with Crippen LogP contribution in [0.4, 0.5) is 4.32 Å². The van der Waals surface area contributed by atoms with Crippen molar-refractivity contribution in [2.24, 2.45) is 10.5 Å². The molecule has 0 radical (unpaired) electrons. The van der Waals surface area contributed by atoms with Gasteiger partial charge in [0.1, 0.15) is 6.10 Å². The lowest BCUT2D eigenvalue weighted by Crippen LogP contribution is -2.55. The molecule has 13 heteroatoms. The van der Waals surface area contributed by atoms with Crippen molar-refractivity contribution in [2.75, 3.05) is 19.7 Å². The predicted molar refractivity (Wildman–Crippen MR) is 153 cm³/mol. The number of nitrogens with zero attached hydrogens (tertiary/aromatic N) is 3. The molecule has 3 aliphatic rings. The van der Waals surface area contributed by atoms with Crippen molar-refractivity contribution in [3.05, 3.63) is 65.2 Å². The Hall–Kier alpha value is -3.71. The minimum absolute atomic E-state index is 0.269. The zero-order chi connectivity index (χ0) is 29.8. The quantitative estimate of drug-likeness (QED) is 0.132. The van der Waals surface area contributed by atoms with Crippen molar-refractivity contribution in [1.82, 2.24) is 25.2 Å². The SMILES string of the molecule is CC1=CN2B(F)n3c(ccc3CCCN/C=C(/CCNC(=O)/C=C\NC(=O)C3OC(C)(C)OCC3(C)C)N=N)C=C12. The second-order valence-corrected chi connectivity index (χ2v) is 11.5. The summed E-state index contributed by atoms with van der Waals surface area (Å²) < 4.78 is 28.1. The summed E-state index contributed by atoms with van der Waals surface area (Å²) in [5.41, 5.74) is 11.2. The molecule has 1 saturated heterocycles. The van der Waals surface area contributed by atoms with Gasteiger partial charge in [-0.2, -0.15) is 5.11 Å². The standard InChI is InChI=1S/C28H39BFN7O4/c1-19-17-36-23(19)15-22-9-8-21(37(22)29(36)30)7-6-12-32-16-20(35-31)10-13-33-24(38)11-14-34-26(39)25-27(2,3)18-40-28(4,5)41-25/h8-9,11,14-17,25,31-32H,6-7,10,12-13,18H2,1-5H3,(H,33,38)(H,34,39)/b14-11-,20-16-,35-31?. The highest BCUT2D eigenvalue weighted by atomic mass is 19.1. The molecule has 0 aromatic carbocycles. The number of hydrogen-bond donors (Lipinski definition) is 4. The van der Waals surface area contributed by atoms with Crippen LogP contribution in [0.25, 0.3) is 6.08 Å². The Morgan fingerprint density at radius 3 is 2.78 bits per heavy atom. The maximum absolute atomic E-state index is 15.0. The molecule has 0 spiro atoms. The fourth-order valence-corrected chi connectivity index (χ4v) is 4.89. The van der Waals surface area contributed by atoms with Gasteiger partial charge in [0.05, 0.1) is 12.3 Å². The van der Waals surface area contributed by atoms with E-state index in [9.17, 15) is 13.9 Å². The van der Waals surface area contributed by atoms with Gasteiger partial charge < -0.3 is 34.7 Å². The first-order valence-corrected chi connectivity index (χ1v) is 13.8. The van der Waals surface area contributed by atoms with E-state index in [2.05, 4.69) is 21.1 Å². The van der Waals surface area contributed by atoms with E-state index in [1.165, 1.54) is 12.3 Å². The molecule has 1 fully saturated rings. The van der Waals surface area contributed by atoms with E-state index < -0.39 is 24.6 Å². The maximum atomic E-state index is 15.0. The number of carbonyl (C=O) groups excluding carboxylic acids is 2. The first kappa shape index (κ1) is 30.3. The number of rotatable bonds is 12. The third-order valence-electron chi connectivity index (χ3n) is 7.22. The van der Waals surface area contributed by atoms with Crippen molar-refractivity contribution in [1.29, 1.82) is 5.53 Å². The normalized spacial score (nSPS) is 20.8. The zero-order valence-electron chi connectivity index (χ0n) is 24.3. The van der Waals surface area contributed by atoms with Crippen LogP contribution in [0, 0.1) is 10.9 Å². The van der Waals surface area contributed by atoms with Gasteiger partial charge in [0, 0.05) is 66.7 Å². The van der Waals surface area contributed by atoms with Crippen LogP contribution < -0.4 is 16.0 Å². The van der Waals surface area contributed by atoms with Gasteiger partial charge in [-0.15, -0.1) is 0 Å². The van der Waals surface area contributed by atoms with Gasteiger partial charge in [0.2, 0.25) is 5.91 Å². The Kier molecular flexibility index (Phi) is 9.18. The molecule has 1 unspecified atom stereocenters. The minimum atomic E-state index is -1.22. The zero-order valence-corrected chi connectivity index (χ0v) is 24.3. The average molecular weight is 567 g/mol. The molecule has 0 saturated carbocycles. The Morgan fingerprint density at radius 1 is 1.27 bits per heavy atom. The van der Waals surface area contributed by atoms with Crippen molar-refractivity contribution < 1.29 is 23.4 Å². The third kappa shape index (κ3) is 7.15. The lowest BCUT2D eigenvalue weighted by Gasteiger charge is -2.44. The van der Waals surface area contributed by atoms with Gasteiger partial charge in [-0.05, 0) is 57.4 Å². The molecule has 0 bridgehead atoms. The molecule has 4 rings (SSSR count). The molecule has 4 heterocycles. The number of fused-ring (bicyclic) bond motifs is 2. The Labute approximate surface area is 240 Å². The van der Waals surface area contributed by atoms with Crippen LogP contribution in [0.5, 0.6) is 0 Å². The maximum Gasteiger partial charge on any atom is 0.596 e. The fourth-order valence-electron chi connectivity index (χ4n) is 4.89. The number of allylic oxidation sites excluding steroid dienone is 1. The first-order valence-electron chi connectivity index (χ1n) is 13.8. The summed E-state index contributed by atoms with van der Waals surface area (Å²) in [6.45, 7) is 10.5. The Balaban J connectivity index is 1.14. The van der Waals surface area contributed by atoms with Gasteiger partial charge in [-0.3, -0.25) is 13.9 Å². The predicted octanol–water partition coefficient (Wildman–Crippen LogP) is 3.57. The average Bonchev–Trinajstić information content (AvgIpc) is 3.33. The first-order chi connectivity index (χ1) is 19.4. The second-order valence-electron chi connectivity index (χ2n) is 11.5. The number of halogens is 1. The Morgan fingerprint density at radius 2 is 2.05 bits per heavy atom. The number of hydrogen-bond acceptors (Lipinski definition) is 8. The van der Waals surface area contributed by atoms with E-state index >= 15 is 0 Å². The smallest absolute Gasteiger partial charge is 0.389 e. The molecule has 3 aliphatic heterocycles. The van der Waals surface area contributed by atoms with E-state index in [0.717, 1.165) is 29.1 Å². The monoisotopic (exact) mass is 567 g/mol. The Bertz CT molecular complexity index is 1300. The van der Waals surface area contributed by atoms with Crippen LogP contribution in [0.2, 0.25) is 0 Å². The minimum Gasteiger partial charge on any atom is -0.389 e. The van der Waals surface area contributed by atoms with Crippen molar-refractivity contribution in [3.8, 4) is 0 Å². The molecular formula is C28H39BFN7O4. The summed E-state index contributed by atoms with van der Waals surface area (Å²) >= 11 is 0. The number of aryl methyl sites for hydroxylation is 1. The molecule has 2 amide bonds. The second kappa shape index (κ2) is 12.4. The van der Waals surface area contributed by atoms with Gasteiger partial charge in [-0.25, -0.2) is 5.53 Å².